The van der Waals surface area contributed by atoms with Gasteiger partial charge in [0.25, 0.3) is 5.91 Å². The number of amides is 1. The zero-order valence-corrected chi connectivity index (χ0v) is 21.9. The van der Waals surface area contributed by atoms with Crippen molar-refractivity contribution in [2.45, 2.75) is 13.5 Å². The maximum Gasteiger partial charge on any atom is 0.344 e. The van der Waals surface area contributed by atoms with E-state index in [0.717, 1.165) is 17.3 Å². The monoisotopic (exact) mass is 553 g/mol. The minimum absolute atomic E-state index is 0.0201. The summed E-state index contributed by atoms with van der Waals surface area (Å²) < 4.78 is 11.1. The van der Waals surface area contributed by atoms with Crippen LogP contribution in [-0.2, 0) is 16.1 Å². The Balaban J connectivity index is 1.66. The van der Waals surface area contributed by atoms with Crippen LogP contribution in [0.5, 0.6) is 5.75 Å². The second-order valence-corrected chi connectivity index (χ2v) is 9.58. The normalized spacial score (nSPS) is 15.3. The predicted molar refractivity (Wildman–Crippen MR) is 147 cm³/mol. The molecule has 1 aliphatic rings. The second-order valence-electron chi connectivity index (χ2n) is 7.71. The lowest BCUT2D eigenvalue weighted by Gasteiger charge is -2.10. The lowest BCUT2D eigenvalue weighted by atomic mass is 10.1. The molecule has 1 N–H and O–H groups in total. The minimum Gasteiger partial charge on any atom is -0.506 e. The minimum atomic E-state index is -0.783. The highest BCUT2D eigenvalue weighted by molar-refractivity contribution is 8.18. The molecule has 0 saturated heterocycles. The average molecular weight is 554 g/mol. The maximum atomic E-state index is 12.8. The SMILES string of the molecule is CCOC(=O)C1=C(O)/C(=C/c2ccccc2OCc2ccc(Cl)cc2)SC1=NC(=O)c1ccccc1Cl. The number of halogens is 2. The Bertz CT molecular complexity index is 1430. The smallest absolute Gasteiger partial charge is 0.344 e. The Morgan fingerprint density at radius 1 is 1.00 bits per heavy atom. The van der Waals surface area contributed by atoms with Gasteiger partial charge in [-0.25, -0.2) is 9.79 Å². The third-order valence-electron chi connectivity index (χ3n) is 5.19. The van der Waals surface area contributed by atoms with Gasteiger partial charge in [0.1, 0.15) is 28.7 Å². The van der Waals surface area contributed by atoms with Crippen LogP contribution >= 0.6 is 35.0 Å². The van der Waals surface area contributed by atoms with E-state index in [0.29, 0.717) is 27.8 Å². The van der Waals surface area contributed by atoms with Crippen LogP contribution < -0.4 is 4.74 Å². The van der Waals surface area contributed by atoms with E-state index in [1.54, 1.807) is 49.4 Å². The van der Waals surface area contributed by atoms with E-state index in [2.05, 4.69) is 4.99 Å². The van der Waals surface area contributed by atoms with Crippen molar-refractivity contribution in [2.24, 2.45) is 4.99 Å². The molecule has 0 fully saturated rings. The van der Waals surface area contributed by atoms with E-state index < -0.39 is 11.9 Å². The van der Waals surface area contributed by atoms with E-state index >= 15 is 0 Å². The molecule has 188 valence electrons. The van der Waals surface area contributed by atoms with E-state index in [9.17, 15) is 14.7 Å². The Morgan fingerprint density at radius 3 is 2.43 bits per heavy atom. The molecule has 6 nitrogen and oxygen atoms in total. The van der Waals surface area contributed by atoms with Crippen LogP contribution in [0.3, 0.4) is 0 Å². The molecule has 0 unspecified atom stereocenters. The van der Waals surface area contributed by atoms with Gasteiger partial charge in [-0.1, -0.05) is 77.4 Å². The molecule has 4 rings (SSSR count). The number of benzene rings is 3. The number of ether oxygens (including phenoxy) is 2. The van der Waals surface area contributed by atoms with Crippen molar-refractivity contribution in [2.75, 3.05) is 6.61 Å². The van der Waals surface area contributed by atoms with Crippen LogP contribution in [0, 0.1) is 0 Å². The lowest BCUT2D eigenvalue weighted by molar-refractivity contribution is -0.138. The van der Waals surface area contributed by atoms with Crippen LogP contribution in [0.15, 0.2) is 94.0 Å². The van der Waals surface area contributed by atoms with Crippen LogP contribution in [-0.4, -0.2) is 28.6 Å². The number of aliphatic hydroxyl groups is 1. The van der Waals surface area contributed by atoms with Crippen molar-refractivity contribution in [3.8, 4) is 5.75 Å². The molecule has 9 heteroatoms. The number of hydrogen-bond acceptors (Lipinski definition) is 6. The second kappa shape index (κ2) is 12.1. The molecule has 0 aromatic heterocycles. The molecular weight excluding hydrogens is 533 g/mol. The topological polar surface area (TPSA) is 85.2 Å². The molecule has 3 aromatic rings. The summed E-state index contributed by atoms with van der Waals surface area (Å²) in [4.78, 5) is 29.9. The van der Waals surface area contributed by atoms with E-state index in [1.165, 1.54) is 6.07 Å². The van der Waals surface area contributed by atoms with E-state index in [4.69, 9.17) is 32.7 Å². The van der Waals surface area contributed by atoms with E-state index in [-0.39, 0.29) is 33.6 Å². The quantitative estimate of drug-likeness (QED) is 0.309. The summed E-state index contributed by atoms with van der Waals surface area (Å²) in [7, 11) is 0. The first-order valence-corrected chi connectivity index (χ1v) is 12.8. The molecule has 1 amide bonds. The molecule has 37 heavy (non-hydrogen) atoms. The summed E-state index contributed by atoms with van der Waals surface area (Å²) >= 11 is 13.1. The number of aliphatic imine (C=N–C) groups is 1. The highest BCUT2D eigenvalue weighted by atomic mass is 35.5. The fourth-order valence-electron chi connectivity index (χ4n) is 3.39. The number of carbonyl (C=O) groups excluding carboxylic acids is 2. The molecule has 3 aromatic carbocycles. The fraction of sp³-hybridized carbons (Fsp3) is 0.107. The van der Waals surface area contributed by atoms with Gasteiger partial charge in [0.05, 0.1) is 22.1 Å². The Kier molecular flexibility index (Phi) is 8.71. The van der Waals surface area contributed by atoms with Crippen molar-refractivity contribution in [1.29, 1.82) is 0 Å². The molecule has 1 heterocycles. The van der Waals surface area contributed by atoms with Crippen molar-refractivity contribution in [3.05, 3.63) is 116 Å². The molecule has 0 bridgehead atoms. The van der Waals surface area contributed by atoms with Crippen LogP contribution in [0.1, 0.15) is 28.4 Å². The molecule has 0 spiro atoms. The Labute approximate surface area is 228 Å². The molecule has 1 aliphatic heterocycles. The summed E-state index contributed by atoms with van der Waals surface area (Å²) in [6.45, 7) is 2.04. The largest absolute Gasteiger partial charge is 0.506 e. The number of nitrogens with zero attached hydrogens (tertiary/aromatic N) is 1. The molecule has 0 atom stereocenters. The van der Waals surface area contributed by atoms with Crippen molar-refractivity contribution < 1.29 is 24.2 Å². The first kappa shape index (κ1) is 26.5. The molecule has 0 saturated carbocycles. The third kappa shape index (κ3) is 6.43. The van der Waals surface area contributed by atoms with Crippen molar-refractivity contribution in [3.63, 3.8) is 0 Å². The Morgan fingerprint density at radius 2 is 1.70 bits per heavy atom. The van der Waals surface area contributed by atoms with Crippen LogP contribution in [0.25, 0.3) is 6.08 Å². The summed E-state index contributed by atoms with van der Waals surface area (Å²) in [6, 6.07) is 21.0. The highest BCUT2D eigenvalue weighted by Crippen LogP contribution is 2.40. The van der Waals surface area contributed by atoms with Gasteiger partial charge in [-0.3, -0.25) is 4.79 Å². The average Bonchev–Trinajstić information content (AvgIpc) is 3.19. The van der Waals surface area contributed by atoms with Gasteiger partial charge >= 0.3 is 5.97 Å². The first-order valence-electron chi connectivity index (χ1n) is 11.2. The van der Waals surface area contributed by atoms with Gasteiger partial charge in [-0.15, -0.1) is 0 Å². The van der Waals surface area contributed by atoms with Gasteiger partial charge in [0.15, 0.2) is 0 Å². The summed E-state index contributed by atoms with van der Waals surface area (Å²) in [5.41, 5.74) is 1.59. The summed E-state index contributed by atoms with van der Waals surface area (Å²) in [6.07, 6.45) is 1.67. The molecule has 0 radical (unpaired) electrons. The van der Waals surface area contributed by atoms with Gasteiger partial charge in [-0.2, -0.15) is 0 Å². The van der Waals surface area contributed by atoms with E-state index in [1.807, 2.05) is 30.3 Å². The zero-order chi connectivity index (χ0) is 26.4. The number of esters is 1. The van der Waals surface area contributed by atoms with Gasteiger partial charge in [0.2, 0.25) is 0 Å². The number of para-hydroxylation sites is 1. The first-order chi connectivity index (χ1) is 17.9. The van der Waals surface area contributed by atoms with Gasteiger partial charge < -0.3 is 14.6 Å². The van der Waals surface area contributed by atoms with Crippen molar-refractivity contribution in [1.82, 2.24) is 0 Å². The number of carbonyl (C=O) groups is 2. The molecular formula is C28H21Cl2NO5S. The molecule has 0 aliphatic carbocycles. The summed E-state index contributed by atoms with van der Waals surface area (Å²) in [5, 5.41) is 11.8. The predicted octanol–water partition coefficient (Wildman–Crippen LogP) is 7.27. The van der Waals surface area contributed by atoms with Crippen LogP contribution in [0.4, 0.5) is 0 Å². The summed E-state index contributed by atoms with van der Waals surface area (Å²) in [5.74, 6) is -1.19. The highest BCUT2D eigenvalue weighted by Gasteiger charge is 2.34. The maximum absolute atomic E-state index is 12.8. The van der Waals surface area contributed by atoms with Crippen molar-refractivity contribution >= 4 is 58.0 Å². The number of thioether (sulfide) groups is 1. The standard InChI is InChI=1S/C28H21Cl2NO5S/c1-2-35-28(34)24-25(32)23(37-27(24)31-26(33)20-8-4-5-9-21(20)30)15-18-7-3-6-10-22(18)36-16-17-11-13-19(29)14-12-17/h3-15,32H,2,16H2,1H3/b23-15-,31-27?. The van der Waals surface area contributed by atoms with Gasteiger partial charge in [-0.05, 0) is 48.9 Å². The third-order valence-corrected chi connectivity index (χ3v) is 6.79. The number of rotatable bonds is 7. The van der Waals surface area contributed by atoms with Gasteiger partial charge in [0, 0.05) is 10.6 Å². The fourth-order valence-corrected chi connectivity index (χ4v) is 4.74. The van der Waals surface area contributed by atoms with Crippen LogP contribution in [0.2, 0.25) is 10.0 Å². The number of hydrogen-bond donors (Lipinski definition) is 1. The zero-order valence-electron chi connectivity index (χ0n) is 19.6. The number of aliphatic hydroxyl groups excluding tert-OH is 1. The Hall–Kier alpha value is -3.52. The lowest BCUT2D eigenvalue weighted by Crippen LogP contribution is -2.14.